The zero-order chi connectivity index (χ0) is 17.6. The molecule has 0 amide bonds. The lowest BCUT2D eigenvalue weighted by atomic mass is 10.1. The lowest BCUT2D eigenvalue weighted by Gasteiger charge is -2.23. The molecule has 1 aliphatic rings. The van der Waals surface area contributed by atoms with Crippen LogP contribution in [0.25, 0.3) is 0 Å². The first kappa shape index (κ1) is 18.1. The maximum absolute atomic E-state index is 5.45. The number of quaternary nitrogens is 1. The van der Waals surface area contributed by atoms with E-state index in [4.69, 9.17) is 12.2 Å². The van der Waals surface area contributed by atoms with Gasteiger partial charge in [-0.15, -0.1) is 11.7 Å². The summed E-state index contributed by atoms with van der Waals surface area (Å²) < 4.78 is 2.72. The number of hydrogen-bond acceptors (Lipinski definition) is 5. The van der Waals surface area contributed by atoms with Crippen molar-refractivity contribution < 1.29 is 4.90 Å². The van der Waals surface area contributed by atoms with Crippen molar-refractivity contribution in [2.24, 2.45) is 0 Å². The molecule has 2 aromatic rings. The molecule has 7 heteroatoms. The largest absolute Gasteiger partial charge is 0.371 e. The quantitative estimate of drug-likeness (QED) is 0.548. The van der Waals surface area contributed by atoms with Crippen molar-refractivity contribution in [1.29, 1.82) is 0 Å². The van der Waals surface area contributed by atoms with Gasteiger partial charge in [-0.3, -0.25) is 0 Å². The molecule has 0 saturated carbocycles. The van der Waals surface area contributed by atoms with Crippen LogP contribution in [-0.4, -0.2) is 36.5 Å². The third kappa shape index (κ3) is 4.68. The van der Waals surface area contributed by atoms with Gasteiger partial charge in [0.1, 0.15) is 6.54 Å². The topological polar surface area (TPSA) is 37.5 Å². The molecule has 0 spiro atoms. The molecule has 0 bridgehead atoms. The van der Waals surface area contributed by atoms with E-state index in [1.54, 1.807) is 0 Å². The zero-order valence-electron chi connectivity index (χ0n) is 14.7. The molecular weight excluding hydrogens is 350 g/mol. The Morgan fingerprint density at radius 3 is 2.88 bits per heavy atom. The maximum atomic E-state index is 5.45. The number of aromatic nitrogens is 2. The van der Waals surface area contributed by atoms with Crippen molar-refractivity contribution >= 4 is 34.4 Å². The predicted molar refractivity (Wildman–Crippen MR) is 108 cm³/mol. The second-order valence-electron chi connectivity index (χ2n) is 6.46. The van der Waals surface area contributed by atoms with Crippen molar-refractivity contribution in [3.8, 4) is 0 Å². The number of nitrogens with zero attached hydrogens (tertiary/aromatic N) is 3. The summed E-state index contributed by atoms with van der Waals surface area (Å²) in [6, 6.07) is 8.77. The Labute approximate surface area is 158 Å². The minimum Gasteiger partial charge on any atom is -0.371 e. The molecule has 1 aliphatic heterocycles. The summed E-state index contributed by atoms with van der Waals surface area (Å²) in [7, 11) is 2.19. The number of para-hydroxylation sites is 1. The van der Waals surface area contributed by atoms with Crippen LogP contribution >= 0.6 is 23.6 Å². The minimum absolute atomic E-state index is 0.703. The van der Waals surface area contributed by atoms with Gasteiger partial charge < -0.3 is 15.1 Å². The third-order valence-corrected chi connectivity index (χ3v) is 5.62. The molecule has 0 radical (unpaired) electrons. The van der Waals surface area contributed by atoms with E-state index in [1.807, 2.05) is 10.8 Å². The smallest absolute Gasteiger partial charge is 0.205 e. The molecule has 1 atom stereocenters. The Kier molecular flexibility index (Phi) is 6.23. The van der Waals surface area contributed by atoms with Crippen LogP contribution in [0.4, 0.5) is 10.8 Å². The number of rotatable bonds is 8. The molecule has 2 heterocycles. The summed E-state index contributed by atoms with van der Waals surface area (Å²) in [5.74, 6) is 0. The molecule has 0 aliphatic carbocycles. The Bertz CT molecular complexity index is 761. The van der Waals surface area contributed by atoms with Crippen LogP contribution in [0, 0.1) is 3.95 Å². The van der Waals surface area contributed by atoms with Crippen molar-refractivity contribution in [1.82, 2.24) is 9.78 Å². The molecule has 2 N–H and O–H groups in total. The molecule has 1 fully saturated rings. The Hall–Kier alpha value is -1.70. The van der Waals surface area contributed by atoms with Gasteiger partial charge in [0.05, 0.1) is 7.05 Å². The molecule has 5 nitrogen and oxygen atoms in total. The second-order valence-corrected chi connectivity index (χ2v) is 8.08. The van der Waals surface area contributed by atoms with Gasteiger partial charge >= 0.3 is 0 Å². The fourth-order valence-corrected chi connectivity index (χ4v) is 4.21. The summed E-state index contributed by atoms with van der Waals surface area (Å²) in [6.07, 6.45) is 4.42. The molecule has 134 valence electrons. The lowest BCUT2D eigenvalue weighted by Crippen LogP contribution is -3.07. The average molecular weight is 377 g/mol. The molecular formula is C18H26N5S2+. The van der Waals surface area contributed by atoms with Crippen LogP contribution in [0.5, 0.6) is 0 Å². The van der Waals surface area contributed by atoms with Crippen molar-refractivity contribution in [3.63, 3.8) is 0 Å². The first-order valence-corrected chi connectivity index (χ1v) is 9.96. The summed E-state index contributed by atoms with van der Waals surface area (Å²) in [5, 5.41) is 8.64. The Morgan fingerprint density at radius 1 is 1.36 bits per heavy atom. The summed E-state index contributed by atoms with van der Waals surface area (Å²) in [4.78, 5) is 3.87. The summed E-state index contributed by atoms with van der Waals surface area (Å²) in [6.45, 7) is 8.48. The standard InChI is InChI=1S/C18H25N5S2/c1-3-10-19-17-20-23(18(24)25-17)14-21(2)13-15-8-4-5-9-16(15)22-11-6-7-12-22/h3-5,8-9H,1,6-7,10-14H2,2H3,(H,19,20)/p+1. The van der Waals surface area contributed by atoms with Gasteiger partial charge in [-0.05, 0) is 31.1 Å². The highest BCUT2D eigenvalue weighted by molar-refractivity contribution is 7.73. The molecule has 1 aromatic carbocycles. The first-order valence-electron chi connectivity index (χ1n) is 8.74. The highest BCUT2D eigenvalue weighted by Crippen LogP contribution is 2.23. The SMILES string of the molecule is C=CCNc1nn(C[NH+](C)Cc2ccccc2N2CCCC2)c(=S)s1. The van der Waals surface area contributed by atoms with Crippen LogP contribution in [0.15, 0.2) is 36.9 Å². The number of nitrogens with one attached hydrogen (secondary N) is 2. The third-order valence-electron chi connectivity index (χ3n) is 4.35. The Morgan fingerprint density at radius 2 is 2.12 bits per heavy atom. The van der Waals surface area contributed by atoms with Crippen LogP contribution in [0.3, 0.4) is 0 Å². The number of anilines is 2. The fraction of sp³-hybridized carbons (Fsp3) is 0.444. The van der Waals surface area contributed by atoms with Gasteiger partial charge in [0.2, 0.25) is 5.13 Å². The van der Waals surface area contributed by atoms with Gasteiger partial charge in [0, 0.05) is 30.9 Å². The first-order chi connectivity index (χ1) is 12.2. The molecule has 25 heavy (non-hydrogen) atoms. The average Bonchev–Trinajstić information content (AvgIpc) is 3.24. The molecule has 1 saturated heterocycles. The lowest BCUT2D eigenvalue weighted by molar-refractivity contribution is -0.917. The highest BCUT2D eigenvalue weighted by Gasteiger charge is 2.17. The van der Waals surface area contributed by atoms with Gasteiger partial charge in [0.15, 0.2) is 10.6 Å². The monoisotopic (exact) mass is 376 g/mol. The van der Waals surface area contributed by atoms with E-state index in [0.717, 1.165) is 22.3 Å². The van der Waals surface area contributed by atoms with Crippen LogP contribution < -0.4 is 15.1 Å². The zero-order valence-corrected chi connectivity index (χ0v) is 16.3. The van der Waals surface area contributed by atoms with Gasteiger partial charge in [-0.1, -0.05) is 35.6 Å². The van der Waals surface area contributed by atoms with Gasteiger partial charge in [-0.2, -0.15) is 4.68 Å². The van der Waals surface area contributed by atoms with Crippen LogP contribution in [0.2, 0.25) is 0 Å². The van der Waals surface area contributed by atoms with E-state index in [1.165, 1.54) is 53.4 Å². The molecule has 3 rings (SSSR count). The van der Waals surface area contributed by atoms with Gasteiger partial charge in [-0.25, -0.2) is 0 Å². The van der Waals surface area contributed by atoms with Crippen LogP contribution in [-0.2, 0) is 13.2 Å². The summed E-state index contributed by atoms with van der Waals surface area (Å²) in [5.41, 5.74) is 2.78. The van der Waals surface area contributed by atoms with Crippen molar-refractivity contribution in [2.75, 3.05) is 36.9 Å². The van der Waals surface area contributed by atoms with E-state index in [2.05, 4.69) is 53.2 Å². The second kappa shape index (κ2) is 8.60. The van der Waals surface area contributed by atoms with E-state index in [9.17, 15) is 0 Å². The highest BCUT2D eigenvalue weighted by atomic mass is 32.1. The maximum Gasteiger partial charge on any atom is 0.205 e. The minimum atomic E-state index is 0.703. The van der Waals surface area contributed by atoms with Crippen LogP contribution in [0.1, 0.15) is 18.4 Å². The number of benzene rings is 1. The van der Waals surface area contributed by atoms with E-state index < -0.39 is 0 Å². The molecule has 1 aromatic heterocycles. The van der Waals surface area contributed by atoms with Crippen molar-refractivity contribution in [3.05, 3.63) is 46.4 Å². The van der Waals surface area contributed by atoms with E-state index in [-0.39, 0.29) is 0 Å². The van der Waals surface area contributed by atoms with E-state index in [0.29, 0.717) is 6.54 Å². The van der Waals surface area contributed by atoms with E-state index >= 15 is 0 Å². The predicted octanol–water partition coefficient (Wildman–Crippen LogP) is 2.54. The molecule has 1 unspecified atom stereocenters. The van der Waals surface area contributed by atoms with Gasteiger partial charge in [0.25, 0.3) is 0 Å². The Balaban J connectivity index is 1.67. The fourth-order valence-electron chi connectivity index (χ4n) is 3.20. The summed E-state index contributed by atoms with van der Waals surface area (Å²) >= 11 is 6.96. The normalized spacial score (nSPS) is 15.3. The number of hydrogen-bond donors (Lipinski definition) is 2. The van der Waals surface area contributed by atoms with Crippen molar-refractivity contribution in [2.45, 2.75) is 26.1 Å².